The minimum Gasteiger partial charge on any atom is -0.478 e. The van der Waals surface area contributed by atoms with Crippen LogP contribution < -0.4 is 0 Å². The van der Waals surface area contributed by atoms with Crippen molar-refractivity contribution in [3.05, 3.63) is 199 Å². The lowest BCUT2D eigenvalue weighted by molar-refractivity contribution is -0.138. The monoisotopic (exact) mass is 1840 g/mol. The number of hydrogen-bond donors (Lipinski definition) is 8. The maximum Gasteiger partial charge on any atom is 0.417 e. The fourth-order valence-corrected chi connectivity index (χ4v) is 17.3. The minimum atomic E-state index is -5.17. The maximum absolute atomic E-state index is 12.7. The molecule has 84 heavy (non-hydrogen) atoms. The molecule has 0 heterocycles. The third-order valence-corrected chi connectivity index (χ3v) is 21.7. The van der Waals surface area contributed by atoms with Crippen molar-refractivity contribution in [2.24, 2.45) is 0 Å². The van der Waals surface area contributed by atoms with Gasteiger partial charge in [0.1, 0.15) is 7.14 Å². The van der Waals surface area contributed by atoms with Crippen LogP contribution in [0.25, 0.3) is 33.4 Å². The van der Waals surface area contributed by atoms with E-state index in [1.807, 2.05) is 0 Å². The van der Waals surface area contributed by atoms with Crippen LogP contribution in [0.3, 0.4) is 0 Å². The first-order valence-corrected chi connectivity index (χ1v) is 35.1. The van der Waals surface area contributed by atoms with Crippen LogP contribution in [0.1, 0.15) is 88.4 Å². The molecule has 0 amide bonds. The lowest BCUT2D eigenvalue weighted by Gasteiger charge is -2.16. The number of carboxylic acid groups (broad SMARTS) is 8. The Kier molecular flexibility index (Phi) is 24.9. The topological polar surface area (TPSA) is 435 Å². The Morgan fingerprint density at radius 3 is 1.06 bits per heavy atom. The molecule has 7 aromatic rings. The molecule has 8 N–H and O–H groups in total. The van der Waals surface area contributed by atoms with Crippen molar-refractivity contribution in [3.8, 4) is 33.4 Å². The zero-order valence-electron chi connectivity index (χ0n) is 40.6. The summed E-state index contributed by atoms with van der Waals surface area (Å²) in [7, 11) is 0. The van der Waals surface area contributed by atoms with Gasteiger partial charge >= 0.3 is 133 Å². The molecule has 0 atom stereocenters. The molecule has 33 heteroatoms. The third kappa shape index (κ3) is 17.0. The first-order valence-electron chi connectivity index (χ1n) is 21.6. The molecular formula is C51H29F3I6O24. The first-order chi connectivity index (χ1) is 39.1. The third-order valence-electron chi connectivity index (χ3n) is 10.6. The van der Waals surface area contributed by atoms with Gasteiger partial charge < -0.3 is 40.9 Å². The lowest BCUT2D eigenvalue weighted by Crippen LogP contribution is -2.15. The van der Waals surface area contributed by atoms with Crippen molar-refractivity contribution in [1.82, 2.24) is 0 Å². The van der Waals surface area contributed by atoms with E-state index < -0.39 is 170 Å². The molecule has 0 radical (unpaired) electrons. The summed E-state index contributed by atoms with van der Waals surface area (Å²) in [5.74, 6) is -12.1. The molecule has 0 saturated heterocycles. The molecule has 24 nitrogen and oxygen atoms in total. The molecule has 0 unspecified atom stereocenters. The summed E-state index contributed by atoms with van der Waals surface area (Å²) in [5, 5.41) is 72.8. The molecule has 0 fully saturated rings. The Hall–Kier alpha value is -7.13. The van der Waals surface area contributed by atoms with Gasteiger partial charge in [-0.1, -0.05) is 91.0 Å². The van der Waals surface area contributed by atoms with E-state index in [1.165, 1.54) is 34.7 Å². The Balaban J connectivity index is 0.000000244. The molecular weight excluding hydrogens is 1810 g/mol. The Bertz CT molecular complexity index is 4150. The molecule has 0 aromatic heterocycles. The van der Waals surface area contributed by atoms with Gasteiger partial charge in [0.05, 0.1) is 57.2 Å². The molecule has 440 valence electrons. The van der Waals surface area contributed by atoms with E-state index in [-0.39, 0.29) is 57.3 Å². The molecule has 0 aliphatic rings. The van der Waals surface area contributed by atoms with Gasteiger partial charge in [0.2, 0.25) is 0 Å². The van der Waals surface area contributed by atoms with Gasteiger partial charge in [-0.3, -0.25) is 0 Å². The SMILES string of the molecule is O=C(O)c1cc(-c2ccccc2)c(I(=O)=O)c(C(=O)O)c1-c1ccccc1.O=C(O)c1cc(C(=O)O)c(I(=O)=O)c(-c2ccccc2)c1.O=C(O)c1cc(C(=O)O)c(I(=O)=O)c(C(F)(F)F)c1.O=C(O)c1cc(I)c(I(=O)=O)c(C(=O)O)c1I. The van der Waals surface area contributed by atoms with Crippen molar-refractivity contribution in [1.29, 1.82) is 0 Å². The number of hydrogen-bond acceptors (Lipinski definition) is 16. The zero-order chi connectivity index (χ0) is 63.4. The van der Waals surface area contributed by atoms with Gasteiger partial charge in [0, 0.05) is 23.8 Å². The van der Waals surface area contributed by atoms with Crippen LogP contribution in [0, 0.1) is 21.4 Å². The van der Waals surface area contributed by atoms with E-state index in [9.17, 15) is 86.3 Å². The van der Waals surface area contributed by atoms with Gasteiger partial charge in [0.25, 0.3) is 0 Å². The van der Waals surface area contributed by atoms with Crippen LogP contribution in [-0.2, 0) is 30.7 Å². The first kappa shape index (κ1) is 69.4. The van der Waals surface area contributed by atoms with Crippen LogP contribution >= 0.6 is 124 Å². The van der Waals surface area contributed by atoms with Crippen LogP contribution in [0.15, 0.2) is 127 Å². The Morgan fingerprint density at radius 1 is 0.357 bits per heavy atom. The van der Waals surface area contributed by atoms with E-state index in [0.29, 0.717) is 22.8 Å². The summed E-state index contributed by atoms with van der Waals surface area (Å²) >= 11 is -14.1. The fourth-order valence-electron chi connectivity index (χ4n) is 7.19. The number of rotatable bonds is 15. The highest BCUT2D eigenvalue weighted by molar-refractivity contribution is 14.2. The van der Waals surface area contributed by atoms with E-state index in [4.69, 9.17) is 30.6 Å². The molecule has 0 spiro atoms. The van der Waals surface area contributed by atoms with Crippen molar-refractivity contribution < 1.29 is 117 Å². The van der Waals surface area contributed by atoms with Gasteiger partial charge in [-0.05, 0) is 98.3 Å². The predicted molar refractivity (Wildman–Crippen MR) is 325 cm³/mol. The van der Waals surface area contributed by atoms with Crippen LogP contribution in [-0.4, -0.2) is 88.6 Å². The van der Waals surface area contributed by atoms with E-state index >= 15 is 0 Å². The van der Waals surface area contributed by atoms with Gasteiger partial charge in [0.15, 0.2) is 0 Å². The number of aromatic carboxylic acids is 8. The summed E-state index contributed by atoms with van der Waals surface area (Å²) < 4.78 is 127. The fraction of sp³-hybridized carbons (Fsp3) is 0.0196. The molecule has 0 bridgehead atoms. The smallest absolute Gasteiger partial charge is 0.417 e. The highest BCUT2D eigenvalue weighted by Crippen LogP contribution is 2.42. The number of halogens is 9. The predicted octanol–water partition coefficient (Wildman–Crippen LogP) is 13.0. The zero-order valence-corrected chi connectivity index (χ0v) is 53.6. The number of benzene rings is 7. The summed E-state index contributed by atoms with van der Waals surface area (Å²) in [5.41, 5.74) is -4.86. The average molecular weight is 1840 g/mol. The lowest BCUT2D eigenvalue weighted by atomic mass is 9.90. The number of carboxylic acids is 8. The van der Waals surface area contributed by atoms with Gasteiger partial charge in [-0.25, -0.2) is 62.9 Å². The van der Waals surface area contributed by atoms with Crippen molar-refractivity contribution in [3.63, 3.8) is 0 Å². The second-order valence-corrected chi connectivity index (χ2v) is 27.1. The van der Waals surface area contributed by atoms with E-state index in [0.717, 1.165) is 12.1 Å². The average Bonchev–Trinajstić information content (AvgIpc) is 1.44. The van der Waals surface area contributed by atoms with Gasteiger partial charge in [-0.2, -0.15) is 13.2 Å². The summed E-state index contributed by atoms with van der Waals surface area (Å²) in [6.45, 7) is 0. The highest BCUT2D eigenvalue weighted by atomic mass is 127. The normalized spacial score (nSPS) is 10.8. The summed E-state index contributed by atoms with van der Waals surface area (Å²) in [6, 6.07) is 29.5. The van der Waals surface area contributed by atoms with Crippen LogP contribution in [0.4, 0.5) is 13.2 Å². The van der Waals surface area contributed by atoms with Crippen LogP contribution in [0.5, 0.6) is 0 Å². The standard InChI is InChI=1S/C20H13IO6.C14H9IO6.C9H4F3IO6.C8H3I3O6/c22-19(23)15-11-14(12-7-3-1-4-8-12)18(21(26)27)17(20(24)25)16(15)13-9-5-2-6-10-13;16-13(17)9-6-10(8-4-2-1-3-5-8)12(15(20)21)11(7-9)14(18)19;10-9(11,12)5-2-3(7(14)15)1-4(8(16)17)6(5)13(18)19;9-3-1-2(7(12)13)5(10)4(8(14)15)6(3)11(16)17/h1-11H,(H,22,23)(H,24,25);1-7H,(H,16,17)(H,18,19);1-2H,(H,14,15)(H,16,17);1H,(H,12,13)(H,14,15). The molecule has 0 aliphatic heterocycles. The van der Waals surface area contributed by atoms with E-state index in [1.54, 1.807) is 114 Å². The molecule has 0 saturated carbocycles. The van der Waals surface area contributed by atoms with E-state index in [2.05, 4.69) is 0 Å². The van der Waals surface area contributed by atoms with Gasteiger partial charge in [-0.15, -0.1) is 0 Å². The molecule has 7 aromatic carbocycles. The second-order valence-electron chi connectivity index (χ2n) is 15.6. The number of alkyl halides is 3. The van der Waals surface area contributed by atoms with Crippen LogP contribution in [0.2, 0.25) is 0 Å². The number of carbonyl (C=O) groups is 8. The van der Waals surface area contributed by atoms with Crippen molar-refractivity contribution >= 4 is 172 Å². The molecule has 7 rings (SSSR count). The molecule has 0 aliphatic carbocycles. The largest absolute Gasteiger partial charge is 0.478 e. The van der Waals surface area contributed by atoms with Crippen molar-refractivity contribution in [2.45, 2.75) is 6.18 Å². The Labute approximate surface area is 521 Å². The Morgan fingerprint density at radius 2 is 0.714 bits per heavy atom. The second kappa shape index (κ2) is 30.1. The highest BCUT2D eigenvalue weighted by Gasteiger charge is 2.39. The summed E-state index contributed by atoms with van der Waals surface area (Å²) in [6.07, 6.45) is -5.17. The maximum atomic E-state index is 12.7. The summed E-state index contributed by atoms with van der Waals surface area (Å²) in [4.78, 5) is 89.6. The quantitative estimate of drug-likeness (QED) is 0.0349. The van der Waals surface area contributed by atoms with Crippen molar-refractivity contribution in [2.75, 3.05) is 0 Å². The minimum absolute atomic E-state index is 0.0768.